The van der Waals surface area contributed by atoms with Crippen molar-refractivity contribution in [1.82, 2.24) is 10.2 Å². The maximum absolute atomic E-state index is 13.1. The number of carboxylic acids is 1. The van der Waals surface area contributed by atoms with Crippen LogP contribution in [0.15, 0.2) is 36.4 Å². The van der Waals surface area contributed by atoms with Crippen LogP contribution in [0, 0.1) is 0 Å². The molecule has 2 rings (SSSR count). The Morgan fingerprint density at radius 3 is 1.60 bits per heavy atom. The number of aliphatic carboxylic acids is 1. The number of rotatable bonds is 13. The number of amides is 2. The molecule has 2 aromatic carbocycles. The van der Waals surface area contributed by atoms with Crippen LogP contribution in [0.25, 0.3) is 0 Å². The Bertz CT molecular complexity index is 1380. The minimum absolute atomic E-state index is 0.00233. The first kappa shape index (κ1) is 32.9. The highest BCUT2D eigenvalue weighted by molar-refractivity contribution is 5.97. The van der Waals surface area contributed by atoms with Crippen molar-refractivity contribution < 1.29 is 57.6 Å². The smallest absolute Gasteiger partial charge is 0.323 e. The molecule has 224 valence electrons. The third kappa shape index (κ3) is 10.7. The molecule has 0 aliphatic rings. The van der Waals surface area contributed by atoms with Gasteiger partial charge in [0.15, 0.2) is 23.0 Å². The van der Waals surface area contributed by atoms with Gasteiger partial charge in [0.05, 0.1) is 0 Å². The summed E-state index contributed by atoms with van der Waals surface area (Å²) in [5, 5.41) is 12.0. The van der Waals surface area contributed by atoms with E-state index in [0.717, 1.165) is 25.7 Å². The van der Waals surface area contributed by atoms with Gasteiger partial charge in [-0.2, -0.15) is 0 Å². The lowest BCUT2D eigenvalue weighted by molar-refractivity contribution is -0.138. The van der Waals surface area contributed by atoms with Gasteiger partial charge < -0.3 is 34.3 Å². The van der Waals surface area contributed by atoms with Crippen LogP contribution < -0.4 is 24.3 Å². The van der Waals surface area contributed by atoms with Gasteiger partial charge in [0.25, 0.3) is 11.8 Å². The van der Waals surface area contributed by atoms with Crippen molar-refractivity contribution in [2.24, 2.45) is 0 Å². The molecule has 0 saturated carbocycles. The van der Waals surface area contributed by atoms with Gasteiger partial charge in [0, 0.05) is 51.9 Å². The van der Waals surface area contributed by atoms with Crippen molar-refractivity contribution >= 4 is 41.7 Å². The molecule has 2 N–H and O–H groups in total. The molecule has 0 aliphatic carbocycles. The predicted octanol–water partition coefficient (Wildman–Crippen LogP) is 2.12. The quantitative estimate of drug-likeness (QED) is 0.198. The summed E-state index contributed by atoms with van der Waals surface area (Å²) in [7, 11) is 0. The lowest BCUT2D eigenvalue weighted by Crippen LogP contribution is -2.37. The number of nitrogens with one attached hydrogen (secondary N) is 1. The average molecular weight is 587 g/mol. The highest BCUT2D eigenvalue weighted by atomic mass is 16.6. The maximum atomic E-state index is 13.1. The first-order valence-electron chi connectivity index (χ1n) is 12.6. The maximum Gasteiger partial charge on any atom is 0.323 e. The second-order valence-corrected chi connectivity index (χ2v) is 8.78. The topological polar surface area (TPSA) is 192 Å². The van der Waals surface area contributed by atoms with E-state index in [1.807, 2.05) is 0 Å². The summed E-state index contributed by atoms with van der Waals surface area (Å²) < 4.78 is 20.0. The van der Waals surface area contributed by atoms with Gasteiger partial charge in [-0.05, 0) is 49.2 Å². The van der Waals surface area contributed by atoms with Crippen LogP contribution >= 0.6 is 0 Å². The monoisotopic (exact) mass is 586 g/mol. The summed E-state index contributed by atoms with van der Waals surface area (Å²) in [6.07, 6.45) is 0.674. The van der Waals surface area contributed by atoms with Crippen LogP contribution in [0.5, 0.6) is 23.0 Å². The second-order valence-electron chi connectivity index (χ2n) is 8.78. The Hall–Kier alpha value is -5.27. The van der Waals surface area contributed by atoms with Gasteiger partial charge in [0.1, 0.15) is 6.54 Å². The van der Waals surface area contributed by atoms with Crippen LogP contribution in [0.3, 0.4) is 0 Å². The number of carboxylic acid groups (broad SMARTS) is 1. The van der Waals surface area contributed by atoms with E-state index in [-0.39, 0.29) is 47.2 Å². The van der Waals surface area contributed by atoms with Crippen molar-refractivity contribution in [2.75, 3.05) is 19.6 Å². The highest BCUT2D eigenvalue weighted by Crippen LogP contribution is 2.30. The van der Waals surface area contributed by atoms with Crippen LogP contribution in [-0.2, 0) is 24.0 Å². The first-order valence-corrected chi connectivity index (χ1v) is 12.6. The third-order valence-electron chi connectivity index (χ3n) is 5.17. The molecule has 0 bridgehead atoms. The van der Waals surface area contributed by atoms with E-state index in [4.69, 9.17) is 18.9 Å². The fourth-order valence-electron chi connectivity index (χ4n) is 3.57. The summed E-state index contributed by atoms with van der Waals surface area (Å²) in [5.41, 5.74) is 0.128. The molecule has 0 fully saturated rings. The standard InChI is InChI=1S/C28H30N2O12/c1-16(31)39-22-9-7-20(13-24(22)41-18(3)33)27(37)29-11-5-6-12-30(15-26(35)36)28(38)21-8-10-23(40-17(2)32)25(14-21)42-19(4)34/h7-10,13-14H,5-6,11-12,15H2,1-4H3,(H,29,37)(H,35,36). The Morgan fingerprint density at radius 2 is 1.12 bits per heavy atom. The summed E-state index contributed by atoms with van der Waals surface area (Å²) in [6.45, 7) is 4.16. The van der Waals surface area contributed by atoms with Crippen molar-refractivity contribution in [3.8, 4) is 23.0 Å². The molecule has 0 atom stereocenters. The summed E-state index contributed by atoms with van der Waals surface area (Å²) in [6, 6.07) is 7.68. The Balaban J connectivity index is 2.04. The number of hydrogen-bond donors (Lipinski definition) is 2. The highest BCUT2D eigenvalue weighted by Gasteiger charge is 2.21. The summed E-state index contributed by atoms with van der Waals surface area (Å²) in [4.78, 5) is 83.6. The molecule has 42 heavy (non-hydrogen) atoms. The fraction of sp³-hybridized carbons (Fsp3) is 0.321. The molecule has 0 radical (unpaired) electrons. The van der Waals surface area contributed by atoms with Crippen LogP contribution in [0.2, 0.25) is 0 Å². The Labute approximate surface area is 240 Å². The number of nitrogens with zero attached hydrogens (tertiary/aromatic N) is 1. The normalized spacial score (nSPS) is 10.2. The number of carbonyl (C=O) groups is 7. The van der Waals surface area contributed by atoms with E-state index in [9.17, 15) is 38.7 Å². The number of benzene rings is 2. The lowest BCUT2D eigenvalue weighted by Gasteiger charge is -2.21. The number of carbonyl (C=O) groups excluding carboxylic acids is 6. The average Bonchev–Trinajstić information content (AvgIpc) is 2.88. The fourth-order valence-corrected chi connectivity index (χ4v) is 3.57. The van der Waals surface area contributed by atoms with E-state index >= 15 is 0 Å². The van der Waals surface area contributed by atoms with Crippen LogP contribution in [0.4, 0.5) is 0 Å². The van der Waals surface area contributed by atoms with Gasteiger partial charge in [0.2, 0.25) is 0 Å². The van der Waals surface area contributed by atoms with Crippen LogP contribution in [-0.4, -0.2) is 71.3 Å². The lowest BCUT2D eigenvalue weighted by atomic mass is 10.1. The van der Waals surface area contributed by atoms with Gasteiger partial charge in [-0.3, -0.25) is 33.6 Å². The van der Waals surface area contributed by atoms with E-state index in [1.165, 1.54) is 43.3 Å². The zero-order valence-electron chi connectivity index (χ0n) is 23.4. The zero-order chi connectivity index (χ0) is 31.4. The molecule has 2 aromatic rings. The zero-order valence-corrected chi connectivity index (χ0v) is 23.4. The van der Waals surface area contributed by atoms with E-state index in [0.29, 0.717) is 12.8 Å². The number of esters is 4. The molecule has 14 nitrogen and oxygen atoms in total. The van der Waals surface area contributed by atoms with Gasteiger partial charge in [-0.1, -0.05) is 0 Å². The van der Waals surface area contributed by atoms with E-state index in [1.54, 1.807) is 0 Å². The van der Waals surface area contributed by atoms with Gasteiger partial charge in [-0.15, -0.1) is 0 Å². The van der Waals surface area contributed by atoms with Crippen molar-refractivity contribution in [1.29, 1.82) is 0 Å². The minimum atomic E-state index is -1.26. The number of unbranched alkanes of at least 4 members (excludes halogenated alkanes) is 1. The Kier molecular flexibility index (Phi) is 12.2. The molecule has 0 aromatic heterocycles. The molecule has 0 unspecified atom stereocenters. The molecule has 14 heteroatoms. The van der Waals surface area contributed by atoms with Crippen molar-refractivity contribution in [2.45, 2.75) is 40.5 Å². The molecule has 0 saturated heterocycles. The summed E-state index contributed by atoms with van der Waals surface area (Å²) in [5.74, 6) is -5.55. The molecule has 0 heterocycles. The summed E-state index contributed by atoms with van der Waals surface area (Å²) >= 11 is 0. The number of hydrogen-bond acceptors (Lipinski definition) is 11. The molecule has 0 spiro atoms. The second kappa shape index (κ2) is 15.5. The first-order chi connectivity index (χ1) is 19.8. The minimum Gasteiger partial charge on any atom is -0.480 e. The molecule has 0 aliphatic heterocycles. The van der Waals surface area contributed by atoms with Crippen molar-refractivity contribution in [3.05, 3.63) is 47.5 Å². The third-order valence-corrected chi connectivity index (χ3v) is 5.17. The predicted molar refractivity (Wildman–Crippen MR) is 143 cm³/mol. The SMILES string of the molecule is CC(=O)Oc1ccc(C(=O)NCCCCN(CC(=O)O)C(=O)c2ccc(OC(C)=O)c(OC(C)=O)c2)cc1OC(C)=O. The molecule has 2 amide bonds. The Morgan fingerprint density at radius 1 is 0.667 bits per heavy atom. The van der Waals surface area contributed by atoms with E-state index < -0.39 is 48.2 Å². The van der Waals surface area contributed by atoms with Gasteiger partial charge in [-0.25, -0.2) is 0 Å². The molecular weight excluding hydrogens is 556 g/mol. The van der Waals surface area contributed by atoms with Crippen LogP contribution in [0.1, 0.15) is 61.3 Å². The van der Waals surface area contributed by atoms with Gasteiger partial charge >= 0.3 is 29.8 Å². The largest absolute Gasteiger partial charge is 0.480 e. The van der Waals surface area contributed by atoms with Crippen molar-refractivity contribution in [3.63, 3.8) is 0 Å². The van der Waals surface area contributed by atoms with E-state index in [2.05, 4.69) is 5.32 Å². The number of ether oxygens (including phenoxy) is 4. The molecular formula is C28H30N2O12.